The van der Waals surface area contributed by atoms with Gasteiger partial charge in [-0.15, -0.1) is 0 Å². The number of nitrogens with zero attached hydrogens (tertiary/aromatic N) is 2. The summed E-state index contributed by atoms with van der Waals surface area (Å²) in [6.07, 6.45) is -3.43. The summed E-state index contributed by atoms with van der Waals surface area (Å²) in [5.41, 5.74) is -0.855. The number of aromatic hydroxyl groups is 1. The van der Waals surface area contributed by atoms with Gasteiger partial charge in [0.05, 0.1) is 24.1 Å². The zero-order chi connectivity index (χ0) is 18.6. The number of benzene rings is 1. The molecular weight excluding hydrogens is 361 g/mol. The van der Waals surface area contributed by atoms with Crippen LogP contribution in [0, 0.1) is 0 Å². The third-order valence-electron chi connectivity index (χ3n) is 2.99. The third kappa shape index (κ3) is 4.69. The van der Waals surface area contributed by atoms with Gasteiger partial charge in [-0.2, -0.15) is 13.2 Å². The van der Waals surface area contributed by atoms with Crippen LogP contribution < -0.4 is 4.87 Å². The Morgan fingerprint density at radius 3 is 2.80 bits per heavy atom. The van der Waals surface area contributed by atoms with Gasteiger partial charge in [-0.1, -0.05) is 17.4 Å². The van der Waals surface area contributed by atoms with E-state index in [9.17, 15) is 27.9 Å². The second-order valence-corrected chi connectivity index (χ2v) is 5.75. The summed E-state index contributed by atoms with van der Waals surface area (Å²) in [4.78, 5) is 26.5. The molecule has 1 N–H and O–H groups in total. The molecule has 0 aliphatic rings. The largest absolute Gasteiger partial charge is 0.493 e. The third-order valence-corrected chi connectivity index (χ3v) is 3.89. The summed E-state index contributed by atoms with van der Waals surface area (Å²) >= 11 is 0.608. The molecule has 6 nitrogen and oxygen atoms in total. The Morgan fingerprint density at radius 1 is 1.44 bits per heavy atom. The van der Waals surface area contributed by atoms with Gasteiger partial charge in [-0.05, 0) is 25.1 Å². The molecule has 1 heterocycles. The maximum absolute atomic E-state index is 12.7. The highest BCUT2D eigenvalue weighted by molar-refractivity contribution is 7.11. The molecule has 0 saturated carbocycles. The molecule has 0 aliphatic heterocycles. The van der Waals surface area contributed by atoms with Crippen LogP contribution >= 0.6 is 11.3 Å². The second-order valence-electron chi connectivity index (χ2n) is 4.75. The zero-order valence-corrected chi connectivity index (χ0v) is 13.7. The van der Waals surface area contributed by atoms with E-state index in [1.807, 2.05) is 0 Å². The molecule has 0 atom stereocenters. The van der Waals surface area contributed by atoms with Crippen molar-refractivity contribution in [3.63, 3.8) is 0 Å². The number of alkyl halides is 3. The normalized spacial score (nSPS) is 11.8. The molecule has 2 aromatic rings. The molecule has 0 aliphatic carbocycles. The van der Waals surface area contributed by atoms with Crippen molar-refractivity contribution in [2.24, 2.45) is 4.99 Å². The molecule has 10 heteroatoms. The van der Waals surface area contributed by atoms with Crippen LogP contribution in [0.1, 0.15) is 17.4 Å². The van der Waals surface area contributed by atoms with Crippen LogP contribution in [0.5, 0.6) is 5.88 Å². The molecule has 0 radical (unpaired) electrons. The number of hydrogen-bond acceptors (Lipinski definition) is 6. The Bertz CT molecular complexity index is 855. The van der Waals surface area contributed by atoms with Crippen molar-refractivity contribution < 1.29 is 27.8 Å². The molecule has 1 aromatic heterocycles. The van der Waals surface area contributed by atoms with Crippen LogP contribution in [-0.4, -0.2) is 28.5 Å². The van der Waals surface area contributed by atoms with E-state index in [0.29, 0.717) is 11.3 Å². The average Bonchev–Trinajstić information content (AvgIpc) is 2.80. The van der Waals surface area contributed by atoms with Crippen LogP contribution in [-0.2, 0) is 22.3 Å². The molecule has 0 saturated heterocycles. The molecule has 0 spiro atoms. The van der Waals surface area contributed by atoms with Crippen LogP contribution in [0.3, 0.4) is 0 Å². The summed E-state index contributed by atoms with van der Waals surface area (Å²) in [5, 5.41) is 9.98. The Kier molecular flexibility index (Phi) is 5.62. The van der Waals surface area contributed by atoms with E-state index >= 15 is 0 Å². The van der Waals surface area contributed by atoms with Gasteiger partial charge in [0.1, 0.15) is 11.4 Å². The minimum Gasteiger partial charge on any atom is -0.493 e. The number of carbonyl (C=O) groups excluding carboxylic acids is 1. The van der Waals surface area contributed by atoms with E-state index in [-0.39, 0.29) is 17.2 Å². The molecule has 0 fully saturated rings. The molecule has 0 unspecified atom stereocenters. The lowest BCUT2D eigenvalue weighted by molar-refractivity contribution is -0.144. The van der Waals surface area contributed by atoms with Crippen molar-refractivity contribution in [1.82, 2.24) is 4.57 Å². The first-order valence-electron chi connectivity index (χ1n) is 7.02. The van der Waals surface area contributed by atoms with Crippen molar-refractivity contribution in [2.75, 3.05) is 6.61 Å². The Balaban J connectivity index is 2.25. The summed E-state index contributed by atoms with van der Waals surface area (Å²) < 4.78 is 43.5. The molecule has 1 aromatic carbocycles. The summed E-state index contributed by atoms with van der Waals surface area (Å²) in [6.45, 7) is 1.26. The lowest BCUT2D eigenvalue weighted by atomic mass is 10.2. The number of esters is 1. The predicted octanol–water partition coefficient (Wildman–Crippen LogP) is 2.95. The van der Waals surface area contributed by atoms with Crippen molar-refractivity contribution in [3.8, 4) is 5.88 Å². The Hall–Kier alpha value is -2.62. The highest BCUT2D eigenvalue weighted by atomic mass is 32.1. The smallest absolute Gasteiger partial charge is 0.416 e. The molecule has 0 amide bonds. The van der Waals surface area contributed by atoms with Crippen LogP contribution in [0.25, 0.3) is 0 Å². The fourth-order valence-electron chi connectivity index (χ4n) is 1.87. The van der Waals surface area contributed by atoms with Gasteiger partial charge in [-0.3, -0.25) is 19.1 Å². The number of aliphatic imine (C=N–C) groups is 1. The van der Waals surface area contributed by atoms with Crippen LogP contribution in [0.15, 0.2) is 34.1 Å². The minimum absolute atomic E-state index is 0.00650. The Labute approximate surface area is 143 Å². The van der Waals surface area contributed by atoms with E-state index in [2.05, 4.69) is 4.99 Å². The van der Waals surface area contributed by atoms with Crippen molar-refractivity contribution in [1.29, 1.82) is 0 Å². The molecule has 2 rings (SSSR count). The first kappa shape index (κ1) is 18.7. The fourth-order valence-corrected chi connectivity index (χ4v) is 2.63. The van der Waals surface area contributed by atoms with E-state index < -0.39 is 35.0 Å². The molecule has 134 valence electrons. The van der Waals surface area contributed by atoms with E-state index in [4.69, 9.17) is 4.74 Å². The average molecular weight is 374 g/mol. The van der Waals surface area contributed by atoms with Gasteiger partial charge in [0, 0.05) is 0 Å². The summed E-state index contributed by atoms with van der Waals surface area (Å²) in [7, 11) is 0. The predicted molar refractivity (Wildman–Crippen MR) is 85.6 cm³/mol. The molecular formula is C15H13F3N2O4S. The maximum Gasteiger partial charge on any atom is 0.416 e. The van der Waals surface area contributed by atoms with E-state index in [0.717, 1.165) is 22.9 Å². The van der Waals surface area contributed by atoms with Crippen LogP contribution in [0.2, 0.25) is 0 Å². The summed E-state index contributed by atoms with van der Waals surface area (Å²) in [6, 6.07) is 4.29. The highest BCUT2D eigenvalue weighted by Crippen LogP contribution is 2.31. The number of aromatic nitrogens is 1. The van der Waals surface area contributed by atoms with Gasteiger partial charge in [0.15, 0.2) is 0 Å². The van der Waals surface area contributed by atoms with Crippen molar-refractivity contribution >= 4 is 29.2 Å². The first-order chi connectivity index (χ1) is 11.7. The minimum atomic E-state index is -4.50. The van der Waals surface area contributed by atoms with Gasteiger partial charge in [0.2, 0.25) is 5.88 Å². The number of thiazole rings is 1. The Morgan fingerprint density at radius 2 is 2.16 bits per heavy atom. The SMILES string of the molecule is CCOC(=O)Cn1c(O)c(C=Nc2cccc(C(F)(F)F)c2)sc1=O. The monoisotopic (exact) mass is 374 g/mol. The van der Waals surface area contributed by atoms with Gasteiger partial charge < -0.3 is 9.84 Å². The van der Waals surface area contributed by atoms with Gasteiger partial charge >= 0.3 is 17.0 Å². The molecule has 0 bridgehead atoms. The van der Waals surface area contributed by atoms with Crippen LogP contribution in [0.4, 0.5) is 18.9 Å². The number of carbonyl (C=O) groups is 1. The first-order valence-corrected chi connectivity index (χ1v) is 7.83. The highest BCUT2D eigenvalue weighted by Gasteiger charge is 2.30. The summed E-state index contributed by atoms with van der Waals surface area (Å²) in [5.74, 6) is -1.20. The van der Waals surface area contributed by atoms with Gasteiger partial charge in [0.25, 0.3) is 0 Å². The zero-order valence-electron chi connectivity index (χ0n) is 12.9. The molecule has 25 heavy (non-hydrogen) atoms. The lowest BCUT2D eigenvalue weighted by Crippen LogP contribution is -2.20. The lowest BCUT2D eigenvalue weighted by Gasteiger charge is -2.06. The number of rotatable bonds is 5. The number of hydrogen-bond donors (Lipinski definition) is 1. The van der Waals surface area contributed by atoms with E-state index in [1.165, 1.54) is 12.1 Å². The maximum atomic E-state index is 12.7. The van der Waals surface area contributed by atoms with Gasteiger partial charge in [-0.25, -0.2) is 0 Å². The standard InChI is InChI=1S/C15H13F3N2O4S/c1-2-24-12(21)8-20-13(22)11(25-14(20)23)7-19-10-5-3-4-9(6-10)15(16,17)18/h3-7,22H,2,8H2,1H3. The topological polar surface area (TPSA) is 80.9 Å². The van der Waals surface area contributed by atoms with Crippen molar-refractivity contribution in [2.45, 2.75) is 19.6 Å². The second kappa shape index (κ2) is 7.51. The van der Waals surface area contributed by atoms with Crippen molar-refractivity contribution in [3.05, 3.63) is 44.4 Å². The number of ether oxygens (including phenoxy) is 1. The number of halogens is 3. The fraction of sp³-hybridized carbons (Fsp3) is 0.267. The van der Waals surface area contributed by atoms with E-state index in [1.54, 1.807) is 6.92 Å². The quantitative estimate of drug-likeness (QED) is 0.645.